The van der Waals surface area contributed by atoms with E-state index in [4.69, 9.17) is 4.74 Å². The van der Waals surface area contributed by atoms with Gasteiger partial charge in [-0.1, -0.05) is 152 Å². The van der Waals surface area contributed by atoms with Gasteiger partial charge in [-0.3, -0.25) is 0 Å². The summed E-state index contributed by atoms with van der Waals surface area (Å²) in [5.41, 5.74) is 15.0. The molecule has 12 rings (SSSR count). The largest absolute Gasteiger partial charge is 0.457 e. The summed E-state index contributed by atoms with van der Waals surface area (Å²) in [5, 5.41) is 2.60. The van der Waals surface area contributed by atoms with Gasteiger partial charge in [0.25, 0.3) is 0 Å². The molecule has 2 nitrogen and oxygen atoms in total. The van der Waals surface area contributed by atoms with Gasteiger partial charge in [0.15, 0.2) is 0 Å². The number of hydrogen-bond donors (Lipinski definition) is 0. The maximum atomic E-state index is 6.75. The van der Waals surface area contributed by atoms with Crippen LogP contribution in [-0.4, -0.2) is 0 Å². The standard InChI is InChI=1S/C55H35NOS/c1-2-13-36(14-3-1)37-25-28-40(29-26-37)56(42-30-31-46-45-19-6-11-24-53(45)58-54(46)35-42)41-16-12-15-38(33-41)39-27-32-52-50(34-39)55(49-22-9-10-23-51(49)57-52)47-20-7-4-17-43(47)44-18-5-8-21-48(44)55/h1-35H. The summed E-state index contributed by atoms with van der Waals surface area (Å²) in [7, 11) is 0. The van der Waals surface area contributed by atoms with E-state index in [0.29, 0.717) is 0 Å². The molecule has 0 saturated heterocycles. The predicted molar refractivity (Wildman–Crippen MR) is 242 cm³/mol. The number of benzene rings is 9. The fraction of sp³-hybridized carbons (Fsp3) is 0.0182. The number of rotatable bonds is 5. The van der Waals surface area contributed by atoms with Crippen LogP contribution < -0.4 is 9.64 Å². The highest BCUT2D eigenvalue weighted by Crippen LogP contribution is 2.62. The fourth-order valence-electron chi connectivity index (χ4n) is 9.59. The Morgan fingerprint density at radius 3 is 1.72 bits per heavy atom. The quantitative estimate of drug-likeness (QED) is 0.173. The van der Waals surface area contributed by atoms with Crippen LogP contribution in [0.2, 0.25) is 0 Å². The molecule has 0 radical (unpaired) electrons. The van der Waals surface area contributed by atoms with Crippen molar-refractivity contribution in [1.29, 1.82) is 0 Å². The second kappa shape index (κ2) is 12.9. The minimum absolute atomic E-state index is 0.517. The van der Waals surface area contributed by atoms with Crippen LogP contribution in [0.5, 0.6) is 11.5 Å². The zero-order chi connectivity index (χ0) is 38.2. The Bertz CT molecular complexity index is 3170. The van der Waals surface area contributed by atoms with Crippen LogP contribution in [0.15, 0.2) is 212 Å². The minimum atomic E-state index is -0.517. The highest BCUT2D eigenvalue weighted by atomic mass is 32.1. The van der Waals surface area contributed by atoms with Crippen molar-refractivity contribution in [3.8, 4) is 44.9 Å². The van der Waals surface area contributed by atoms with E-state index >= 15 is 0 Å². The average Bonchev–Trinajstić information content (AvgIpc) is 3.81. The Hall–Kier alpha value is -7.20. The number of thiophene rings is 1. The Kier molecular flexibility index (Phi) is 7.35. The third kappa shape index (κ3) is 4.90. The number of fused-ring (bicyclic) bond motifs is 12. The number of para-hydroxylation sites is 1. The summed E-state index contributed by atoms with van der Waals surface area (Å²) < 4.78 is 9.34. The SMILES string of the molecule is c1ccc(-c2ccc(N(c3cccc(-c4ccc5c(c4)C4(c6ccccc6O5)c5ccccc5-c5ccccc54)c3)c3ccc4c(c3)sc3ccccc34)cc2)cc1. The van der Waals surface area contributed by atoms with Crippen LogP contribution >= 0.6 is 11.3 Å². The van der Waals surface area contributed by atoms with Crippen molar-refractivity contribution in [2.24, 2.45) is 0 Å². The smallest absolute Gasteiger partial charge is 0.132 e. The van der Waals surface area contributed by atoms with E-state index in [1.807, 2.05) is 11.3 Å². The molecule has 0 N–H and O–H groups in total. The summed E-state index contributed by atoms with van der Waals surface area (Å²) in [5.74, 6) is 1.79. The van der Waals surface area contributed by atoms with Crippen molar-refractivity contribution in [2.45, 2.75) is 5.41 Å². The molecule has 0 bridgehead atoms. The maximum absolute atomic E-state index is 6.75. The summed E-state index contributed by atoms with van der Waals surface area (Å²) in [6.07, 6.45) is 0. The highest BCUT2D eigenvalue weighted by molar-refractivity contribution is 7.25. The molecule has 10 aromatic rings. The molecule has 0 atom stereocenters. The summed E-state index contributed by atoms with van der Waals surface area (Å²) in [6.45, 7) is 0. The van der Waals surface area contributed by atoms with Crippen LogP contribution in [0.3, 0.4) is 0 Å². The van der Waals surface area contributed by atoms with Crippen molar-refractivity contribution in [1.82, 2.24) is 0 Å². The molecular weight excluding hydrogens is 723 g/mol. The monoisotopic (exact) mass is 757 g/mol. The average molecular weight is 758 g/mol. The molecule has 58 heavy (non-hydrogen) atoms. The molecule has 9 aromatic carbocycles. The molecule has 3 heteroatoms. The summed E-state index contributed by atoms with van der Waals surface area (Å²) in [6, 6.07) is 77.3. The van der Waals surface area contributed by atoms with Crippen molar-refractivity contribution in [3.05, 3.63) is 235 Å². The number of anilines is 3. The van der Waals surface area contributed by atoms with Crippen molar-refractivity contribution in [2.75, 3.05) is 4.90 Å². The van der Waals surface area contributed by atoms with Crippen molar-refractivity contribution < 1.29 is 4.74 Å². The molecule has 1 aromatic heterocycles. The molecule has 1 spiro atoms. The van der Waals surface area contributed by atoms with Crippen LogP contribution in [0.1, 0.15) is 22.3 Å². The van der Waals surface area contributed by atoms with Gasteiger partial charge in [-0.25, -0.2) is 0 Å². The molecule has 0 fully saturated rings. The molecule has 1 aliphatic heterocycles. The predicted octanol–water partition coefficient (Wildman–Crippen LogP) is 15.3. The van der Waals surface area contributed by atoms with E-state index in [2.05, 4.69) is 217 Å². The molecule has 0 unspecified atom stereocenters. The molecule has 272 valence electrons. The second-order valence-electron chi connectivity index (χ2n) is 15.2. The van der Waals surface area contributed by atoms with Gasteiger partial charge in [0.05, 0.1) is 5.41 Å². The van der Waals surface area contributed by atoms with Gasteiger partial charge in [-0.2, -0.15) is 0 Å². The van der Waals surface area contributed by atoms with Gasteiger partial charge >= 0.3 is 0 Å². The van der Waals surface area contributed by atoms with E-state index < -0.39 is 5.41 Å². The first-order chi connectivity index (χ1) is 28.7. The van der Waals surface area contributed by atoms with Crippen LogP contribution in [-0.2, 0) is 5.41 Å². The Balaban J connectivity index is 1.03. The lowest BCUT2D eigenvalue weighted by molar-refractivity contribution is 0.436. The molecule has 2 aliphatic rings. The molecular formula is C55H35NOS. The van der Waals surface area contributed by atoms with Crippen molar-refractivity contribution in [3.63, 3.8) is 0 Å². The first kappa shape index (κ1) is 33.0. The lowest BCUT2D eigenvalue weighted by Crippen LogP contribution is -2.32. The van der Waals surface area contributed by atoms with Crippen LogP contribution in [0, 0.1) is 0 Å². The first-order valence-electron chi connectivity index (χ1n) is 19.8. The molecule has 0 amide bonds. The third-order valence-corrected chi connectivity index (χ3v) is 13.3. The summed E-state index contributed by atoms with van der Waals surface area (Å²) >= 11 is 1.85. The molecule has 2 heterocycles. The zero-order valence-corrected chi connectivity index (χ0v) is 32.3. The number of hydrogen-bond acceptors (Lipinski definition) is 3. The fourth-order valence-corrected chi connectivity index (χ4v) is 10.7. The van der Waals surface area contributed by atoms with E-state index in [-0.39, 0.29) is 0 Å². The molecule has 1 aliphatic carbocycles. The second-order valence-corrected chi connectivity index (χ2v) is 16.3. The van der Waals surface area contributed by atoms with Crippen molar-refractivity contribution >= 4 is 48.6 Å². The summed E-state index contributed by atoms with van der Waals surface area (Å²) in [4.78, 5) is 2.39. The zero-order valence-electron chi connectivity index (χ0n) is 31.5. The molecule has 0 saturated carbocycles. The Labute approximate surface area is 341 Å². The number of nitrogens with zero attached hydrogens (tertiary/aromatic N) is 1. The van der Waals surface area contributed by atoms with Gasteiger partial charge < -0.3 is 9.64 Å². The Morgan fingerprint density at radius 1 is 0.345 bits per heavy atom. The van der Waals surface area contributed by atoms with E-state index in [1.165, 1.54) is 59.1 Å². The first-order valence-corrected chi connectivity index (χ1v) is 20.6. The Morgan fingerprint density at radius 2 is 0.914 bits per heavy atom. The third-order valence-electron chi connectivity index (χ3n) is 12.1. The van der Waals surface area contributed by atoms with Crippen LogP contribution in [0.25, 0.3) is 53.6 Å². The number of ether oxygens (including phenoxy) is 1. The highest BCUT2D eigenvalue weighted by Gasteiger charge is 2.51. The topological polar surface area (TPSA) is 12.5 Å². The maximum Gasteiger partial charge on any atom is 0.132 e. The van der Waals surface area contributed by atoms with E-state index in [9.17, 15) is 0 Å². The minimum Gasteiger partial charge on any atom is -0.457 e. The van der Waals surface area contributed by atoms with Crippen LogP contribution in [0.4, 0.5) is 17.1 Å². The van der Waals surface area contributed by atoms with Gasteiger partial charge in [0.1, 0.15) is 11.5 Å². The lowest BCUT2D eigenvalue weighted by atomic mass is 9.66. The van der Waals surface area contributed by atoms with Gasteiger partial charge in [0, 0.05) is 48.4 Å². The van der Waals surface area contributed by atoms with E-state index in [1.54, 1.807) is 0 Å². The lowest BCUT2D eigenvalue weighted by Gasteiger charge is -2.39. The normalized spacial score (nSPS) is 13.1. The van der Waals surface area contributed by atoms with Gasteiger partial charge in [-0.15, -0.1) is 11.3 Å². The van der Waals surface area contributed by atoms with Gasteiger partial charge in [0.2, 0.25) is 0 Å². The van der Waals surface area contributed by atoms with E-state index in [0.717, 1.165) is 45.3 Å². The van der Waals surface area contributed by atoms with Gasteiger partial charge in [-0.05, 0) is 105 Å².